The van der Waals surface area contributed by atoms with E-state index in [4.69, 9.17) is 0 Å². The van der Waals surface area contributed by atoms with Gasteiger partial charge >= 0.3 is 5.97 Å². The summed E-state index contributed by atoms with van der Waals surface area (Å²) in [6, 6.07) is 8.02. The number of piperidine rings is 1. The molecule has 1 aliphatic heterocycles. The van der Waals surface area contributed by atoms with Gasteiger partial charge in [-0.25, -0.2) is 17.9 Å². The zero-order valence-corrected chi connectivity index (χ0v) is 43.2. The lowest BCUT2D eigenvalue weighted by molar-refractivity contribution is -0.141. The third-order valence-electron chi connectivity index (χ3n) is 15.3. The Balaban J connectivity index is 0.646. The molecular weight excluding hydrogens is 1000 g/mol. The Bertz CT molecular complexity index is 3250. The monoisotopic (exact) mass is 1070 g/mol. The molecule has 21 nitrogen and oxygen atoms in total. The number of benzene rings is 2. The van der Waals surface area contributed by atoms with Crippen LogP contribution in [0.5, 0.6) is 0 Å². The van der Waals surface area contributed by atoms with Crippen LogP contribution in [0.2, 0.25) is 0 Å². The standard InChI is InChI=1S/C53H62F3N13O8/c1-31-49-35(11-10-12-40(49)68(65-31)30-45(72)58-27-44(71)59-28-48(75)77-3)36-22-41-32(21-38(36)54)25-61-69(41)47(74)15-14-43(70)57-18-9-7-5-4-6-8-13-46(73)66-19-16-34(17-20-66)67-29-33(26-60-67)62-51(76)50-37-23-42-52(2,53(42,55)56)24-39(37)63-64-50/h10-12,21-22,25-26,29,34,42H,4-9,13-20,23-24,27-28,30H2,1-3H3,(H,57,70)(H,58,72)(H,59,71)(H,62,76)(H,63,64)/t42-,52+/m1/s1. The van der Waals surface area contributed by atoms with Crippen LogP contribution in [0.15, 0.2) is 48.9 Å². The molecule has 1 saturated heterocycles. The molecule has 0 radical (unpaired) electrons. The minimum Gasteiger partial charge on any atom is -0.468 e. The first kappa shape index (κ1) is 53.9. The number of aryl methyl sites for hydroxylation is 1. The highest BCUT2D eigenvalue weighted by Gasteiger charge is 2.78. The normalized spacial score (nSPS) is 17.6. The molecule has 77 heavy (non-hydrogen) atoms. The Morgan fingerprint density at radius 1 is 0.831 bits per heavy atom. The number of carbonyl (C=O) groups is 7. The van der Waals surface area contributed by atoms with Crippen LogP contribution in [0.4, 0.5) is 18.9 Å². The summed E-state index contributed by atoms with van der Waals surface area (Å²) in [5.74, 6) is -6.88. The second kappa shape index (κ2) is 22.7. The maximum atomic E-state index is 15.8. The quantitative estimate of drug-likeness (QED) is 0.0413. The van der Waals surface area contributed by atoms with Gasteiger partial charge in [-0.05, 0) is 62.8 Å². The van der Waals surface area contributed by atoms with Crippen molar-refractivity contribution in [3.05, 3.63) is 77.4 Å². The predicted octanol–water partition coefficient (Wildman–Crippen LogP) is 5.58. The van der Waals surface area contributed by atoms with Gasteiger partial charge in [-0.1, -0.05) is 44.7 Å². The number of anilines is 1. The molecule has 0 spiro atoms. The fraction of sp³-hybridized carbons (Fsp3) is 0.491. The molecule has 6 aromatic rings. The lowest BCUT2D eigenvalue weighted by Crippen LogP contribution is -2.40. The second-order valence-corrected chi connectivity index (χ2v) is 20.4. The van der Waals surface area contributed by atoms with Gasteiger partial charge in [0.2, 0.25) is 29.5 Å². The number of alkyl halides is 2. The molecule has 0 bridgehead atoms. The van der Waals surface area contributed by atoms with Crippen LogP contribution in [0.25, 0.3) is 32.9 Å². The largest absolute Gasteiger partial charge is 0.468 e. The van der Waals surface area contributed by atoms with E-state index >= 15 is 4.39 Å². The van der Waals surface area contributed by atoms with Gasteiger partial charge in [-0.15, -0.1) is 0 Å². The number of fused-ring (bicyclic) bond motifs is 4. The van der Waals surface area contributed by atoms with Crippen molar-refractivity contribution in [2.75, 3.05) is 45.2 Å². The van der Waals surface area contributed by atoms with Crippen LogP contribution in [0, 0.1) is 24.1 Å². The number of aromatic nitrogens is 8. The number of H-pyrrole nitrogens is 1. The second-order valence-electron chi connectivity index (χ2n) is 20.4. The number of hydrogen-bond acceptors (Lipinski definition) is 12. The molecular formula is C53H62F3N13O8. The molecule has 2 fully saturated rings. The molecule has 2 aromatic carbocycles. The van der Waals surface area contributed by atoms with E-state index in [0.29, 0.717) is 76.1 Å². The minimum absolute atomic E-state index is 0.0576. The first-order chi connectivity index (χ1) is 36.9. The number of amides is 5. The lowest BCUT2D eigenvalue weighted by Gasteiger charge is -2.32. The average molecular weight is 1070 g/mol. The SMILES string of the molecule is COC(=O)CNC(=O)CNC(=O)Cn1nc(C)c2c(-c3cc4c(cnn4C(=O)CCC(=O)NCCCCCCCCC(=O)N4CCC(n5cc(NC(=O)c6n[nH]c7c6C[C@H]6C(F)(F)[C@@]6(C)C7)cn5)CC4)cc3F)cccc21. The fourth-order valence-electron chi connectivity index (χ4n) is 10.8. The highest BCUT2D eigenvalue weighted by molar-refractivity contribution is 6.04. The molecule has 5 N–H and O–H groups in total. The number of esters is 1. The van der Waals surface area contributed by atoms with Crippen LogP contribution in [-0.2, 0) is 48.1 Å². The number of hydrogen-bond donors (Lipinski definition) is 5. The number of nitrogens with one attached hydrogen (secondary N) is 5. The van der Waals surface area contributed by atoms with Crippen LogP contribution >= 0.6 is 0 Å². The Kier molecular flexibility index (Phi) is 15.9. The minimum atomic E-state index is -2.75. The van der Waals surface area contributed by atoms with Crippen molar-refractivity contribution in [3.8, 4) is 11.1 Å². The summed E-state index contributed by atoms with van der Waals surface area (Å²) >= 11 is 0. The summed E-state index contributed by atoms with van der Waals surface area (Å²) in [6.45, 7) is 4.02. The van der Waals surface area contributed by atoms with E-state index in [-0.39, 0.29) is 74.4 Å². The molecule has 5 amide bonds. The van der Waals surface area contributed by atoms with Gasteiger partial charge in [0.05, 0.1) is 54.5 Å². The molecule has 24 heteroatoms. The van der Waals surface area contributed by atoms with Gasteiger partial charge in [0.15, 0.2) is 5.69 Å². The summed E-state index contributed by atoms with van der Waals surface area (Å²) < 4.78 is 53.4. The summed E-state index contributed by atoms with van der Waals surface area (Å²) in [6.07, 6.45) is 12.0. The van der Waals surface area contributed by atoms with Gasteiger partial charge in [0, 0.05) is 90.4 Å². The Hall–Kier alpha value is -7.92. The van der Waals surface area contributed by atoms with Crippen molar-refractivity contribution in [2.45, 2.75) is 116 Å². The van der Waals surface area contributed by atoms with E-state index in [0.717, 1.165) is 51.4 Å². The number of likely N-dealkylation sites (tertiary alicyclic amines) is 1. The third kappa shape index (κ3) is 11.6. The Labute approximate surface area is 440 Å². The molecule has 5 heterocycles. The van der Waals surface area contributed by atoms with Crippen molar-refractivity contribution in [1.82, 2.24) is 60.4 Å². The molecule has 0 unspecified atom stereocenters. The zero-order valence-electron chi connectivity index (χ0n) is 43.2. The zero-order chi connectivity index (χ0) is 54.6. The van der Waals surface area contributed by atoms with E-state index in [9.17, 15) is 42.3 Å². The number of ether oxygens (including phenoxy) is 1. The van der Waals surface area contributed by atoms with Crippen LogP contribution in [0.1, 0.15) is 116 Å². The van der Waals surface area contributed by atoms with Crippen molar-refractivity contribution in [2.24, 2.45) is 11.3 Å². The van der Waals surface area contributed by atoms with Gasteiger partial charge in [-0.3, -0.25) is 48.0 Å². The molecule has 3 aliphatic rings. The highest BCUT2D eigenvalue weighted by Crippen LogP contribution is 2.70. The van der Waals surface area contributed by atoms with Gasteiger partial charge in [0.1, 0.15) is 18.9 Å². The number of nitrogens with zero attached hydrogens (tertiary/aromatic N) is 8. The molecule has 9 rings (SSSR count). The smallest absolute Gasteiger partial charge is 0.325 e. The summed E-state index contributed by atoms with van der Waals surface area (Å²) in [5.41, 5.74) is 2.74. The lowest BCUT2D eigenvalue weighted by atomic mass is 9.87. The molecule has 408 valence electrons. The van der Waals surface area contributed by atoms with Crippen LogP contribution in [-0.4, -0.2) is 132 Å². The molecule has 1 saturated carbocycles. The maximum Gasteiger partial charge on any atom is 0.325 e. The summed E-state index contributed by atoms with van der Waals surface area (Å²) in [7, 11) is 1.19. The number of rotatable bonds is 22. The van der Waals surface area contributed by atoms with E-state index in [2.05, 4.69) is 51.5 Å². The molecule has 2 aliphatic carbocycles. The number of carbonyl (C=O) groups excluding carboxylic acids is 7. The van der Waals surface area contributed by atoms with Crippen molar-refractivity contribution < 1.29 is 51.5 Å². The van der Waals surface area contributed by atoms with E-state index in [1.807, 2.05) is 4.90 Å². The molecule has 4 aromatic heterocycles. The van der Waals surface area contributed by atoms with Crippen LogP contribution in [0.3, 0.4) is 0 Å². The van der Waals surface area contributed by atoms with E-state index < -0.39 is 52.7 Å². The summed E-state index contributed by atoms with van der Waals surface area (Å²) in [5, 5.41) is 31.6. The van der Waals surface area contributed by atoms with E-state index in [1.165, 1.54) is 34.8 Å². The topological polar surface area (TPSA) is 262 Å². The average Bonchev–Trinajstić information content (AvgIpc) is 4.30. The Morgan fingerprint density at radius 2 is 1.58 bits per heavy atom. The van der Waals surface area contributed by atoms with Crippen molar-refractivity contribution >= 4 is 68.9 Å². The van der Waals surface area contributed by atoms with Gasteiger partial charge < -0.3 is 30.9 Å². The van der Waals surface area contributed by atoms with E-state index in [1.54, 1.807) is 49.1 Å². The maximum absolute atomic E-state index is 15.8. The van der Waals surface area contributed by atoms with Gasteiger partial charge in [0.25, 0.3) is 11.8 Å². The Morgan fingerprint density at radius 3 is 2.36 bits per heavy atom. The number of methoxy groups -OCH3 is 1. The number of unbranched alkanes of at least 4 members (excludes halogenated alkanes) is 5. The number of halogens is 3. The third-order valence-corrected chi connectivity index (χ3v) is 15.3. The first-order valence-electron chi connectivity index (χ1n) is 26.1. The highest BCUT2D eigenvalue weighted by atomic mass is 19.3. The van der Waals surface area contributed by atoms with Gasteiger partial charge in [-0.2, -0.15) is 20.4 Å². The first-order valence-corrected chi connectivity index (χ1v) is 26.1. The van der Waals surface area contributed by atoms with Crippen LogP contribution < -0.4 is 21.3 Å². The summed E-state index contributed by atoms with van der Waals surface area (Å²) in [4.78, 5) is 90.2. The predicted molar refractivity (Wildman–Crippen MR) is 274 cm³/mol. The number of aromatic amines is 1. The van der Waals surface area contributed by atoms with Crippen molar-refractivity contribution in [3.63, 3.8) is 0 Å². The molecule has 2 atom stereocenters. The van der Waals surface area contributed by atoms with Crippen molar-refractivity contribution in [1.29, 1.82) is 0 Å². The fourth-order valence-corrected chi connectivity index (χ4v) is 10.8.